The van der Waals surface area contributed by atoms with E-state index in [9.17, 15) is 4.39 Å². The van der Waals surface area contributed by atoms with Gasteiger partial charge in [0.15, 0.2) is 11.9 Å². The Labute approximate surface area is 163 Å². The van der Waals surface area contributed by atoms with Gasteiger partial charge in [0.05, 0.1) is 17.7 Å². The Morgan fingerprint density at radius 3 is 2.50 bits per heavy atom. The summed E-state index contributed by atoms with van der Waals surface area (Å²) in [7, 11) is 1.93. The van der Waals surface area contributed by atoms with Gasteiger partial charge < -0.3 is 4.42 Å². The number of fused-ring (bicyclic) bond motifs is 3. The molecular formula is C24H22FN2O+. The van der Waals surface area contributed by atoms with Crippen LogP contribution in [-0.2, 0) is 12.5 Å². The first-order chi connectivity index (χ1) is 13.2. The molecule has 0 amide bonds. The summed E-state index contributed by atoms with van der Waals surface area (Å²) in [6.07, 6.45) is 1.86. The van der Waals surface area contributed by atoms with Gasteiger partial charge >= 0.3 is 0 Å². The Balaban J connectivity index is 2.06. The summed E-state index contributed by atoms with van der Waals surface area (Å²) < 4.78 is 23.1. The summed E-state index contributed by atoms with van der Waals surface area (Å²) in [5, 5.41) is 1.83. The van der Waals surface area contributed by atoms with Crippen molar-refractivity contribution >= 4 is 27.6 Å². The Hall–Kier alpha value is -3.19. The number of aromatic nitrogens is 1. The second-order valence-corrected chi connectivity index (χ2v) is 8.31. The fourth-order valence-corrected chi connectivity index (χ4v) is 3.74. The minimum atomic E-state index is -0.281. The third-order valence-corrected chi connectivity index (χ3v) is 5.25. The summed E-state index contributed by atoms with van der Waals surface area (Å²) in [5.41, 5.74) is 5.06. The number of hydrogen-bond donors (Lipinski definition) is 0. The fraction of sp³-hybridized carbons (Fsp3) is 0.250. The predicted molar refractivity (Wildman–Crippen MR) is 110 cm³/mol. The van der Waals surface area contributed by atoms with Gasteiger partial charge in [0.2, 0.25) is 5.69 Å². The van der Waals surface area contributed by atoms with Gasteiger partial charge in [0.1, 0.15) is 24.0 Å². The van der Waals surface area contributed by atoms with Crippen LogP contribution in [0.1, 0.15) is 31.9 Å². The van der Waals surface area contributed by atoms with Crippen LogP contribution in [0.5, 0.6) is 0 Å². The van der Waals surface area contributed by atoms with Crippen LogP contribution in [0.25, 0.3) is 38.0 Å². The summed E-state index contributed by atoms with van der Waals surface area (Å²) in [6.45, 7) is 15.3. The average molecular weight is 373 g/mol. The first kappa shape index (κ1) is 18.2. The highest BCUT2D eigenvalue weighted by molar-refractivity contribution is 6.10. The van der Waals surface area contributed by atoms with Crippen LogP contribution >= 0.6 is 0 Å². The number of rotatable bonds is 1. The zero-order valence-corrected chi connectivity index (χ0v) is 16.7. The lowest BCUT2D eigenvalue weighted by molar-refractivity contribution is -0.661. The van der Waals surface area contributed by atoms with E-state index in [1.807, 2.05) is 69.8 Å². The SMILES string of the molecule is [C-]#[N+]c1ccc2oc3c(-c4cc(F)c(C(C)(C)C)c[n+]4C)c(C)ccc3c2c1. The highest BCUT2D eigenvalue weighted by atomic mass is 19.1. The van der Waals surface area contributed by atoms with Gasteiger partial charge in [-0.3, -0.25) is 0 Å². The summed E-state index contributed by atoms with van der Waals surface area (Å²) in [6, 6.07) is 11.0. The van der Waals surface area contributed by atoms with Gasteiger partial charge in [-0.2, -0.15) is 0 Å². The largest absolute Gasteiger partial charge is 0.455 e. The number of aryl methyl sites for hydroxylation is 2. The zero-order valence-electron chi connectivity index (χ0n) is 16.7. The molecule has 0 saturated heterocycles. The average Bonchev–Trinajstić information content (AvgIpc) is 3.00. The zero-order chi connectivity index (χ0) is 20.2. The number of benzene rings is 2. The van der Waals surface area contributed by atoms with E-state index in [2.05, 4.69) is 4.85 Å². The van der Waals surface area contributed by atoms with E-state index < -0.39 is 0 Å². The van der Waals surface area contributed by atoms with Crippen molar-refractivity contribution in [2.24, 2.45) is 7.05 Å². The molecule has 140 valence electrons. The molecule has 0 unspecified atom stereocenters. The molecule has 2 aromatic carbocycles. The number of hydrogen-bond acceptors (Lipinski definition) is 1. The molecule has 0 radical (unpaired) electrons. The number of halogens is 1. The fourth-order valence-electron chi connectivity index (χ4n) is 3.74. The van der Waals surface area contributed by atoms with E-state index in [4.69, 9.17) is 11.0 Å². The molecule has 28 heavy (non-hydrogen) atoms. The van der Waals surface area contributed by atoms with Crippen LogP contribution in [0, 0.1) is 19.3 Å². The van der Waals surface area contributed by atoms with Crippen LogP contribution in [0.3, 0.4) is 0 Å². The van der Waals surface area contributed by atoms with Crippen molar-refractivity contribution in [1.29, 1.82) is 0 Å². The van der Waals surface area contributed by atoms with Crippen LogP contribution in [0.15, 0.2) is 47.0 Å². The van der Waals surface area contributed by atoms with Gasteiger partial charge in [0, 0.05) is 16.8 Å². The summed E-state index contributed by atoms with van der Waals surface area (Å²) in [5.74, 6) is -0.219. The molecule has 0 aliphatic heterocycles. The van der Waals surface area contributed by atoms with Gasteiger partial charge in [-0.25, -0.2) is 13.8 Å². The van der Waals surface area contributed by atoms with E-state index in [-0.39, 0.29) is 11.2 Å². The highest BCUT2D eigenvalue weighted by Crippen LogP contribution is 2.38. The van der Waals surface area contributed by atoms with E-state index in [0.29, 0.717) is 11.3 Å². The van der Waals surface area contributed by atoms with E-state index in [0.717, 1.165) is 38.8 Å². The maximum absolute atomic E-state index is 15.0. The second kappa shape index (κ2) is 6.17. The van der Waals surface area contributed by atoms with Gasteiger partial charge in [-0.1, -0.05) is 39.0 Å². The summed E-state index contributed by atoms with van der Waals surface area (Å²) in [4.78, 5) is 3.52. The first-order valence-electron chi connectivity index (χ1n) is 9.24. The number of pyridine rings is 1. The van der Waals surface area contributed by atoms with Crippen molar-refractivity contribution in [3.8, 4) is 11.3 Å². The monoisotopic (exact) mass is 373 g/mol. The number of furan rings is 1. The molecule has 4 heteroatoms. The van der Waals surface area contributed by atoms with E-state index in [1.165, 1.54) is 0 Å². The van der Waals surface area contributed by atoms with E-state index in [1.54, 1.807) is 12.1 Å². The van der Waals surface area contributed by atoms with Gasteiger partial charge in [-0.15, -0.1) is 0 Å². The minimum absolute atomic E-state index is 0.219. The van der Waals surface area contributed by atoms with Crippen molar-refractivity contribution in [2.45, 2.75) is 33.1 Å². The van der Waals surface area contributed by atoms with E-state index >= 15 is 0 Å². The smallest absolute Gasteiger partial charge is 0.219 e. The van der Waals surface area contributed by atoms with Gasteiger partial charge in [-0.05, 0) is 30.0 Å². The van der Waals surface area contributed by atoms with Crippen LogP contribution in [0.4, 0.5) is 10.1 Å². The number of nitrogens with zero attached hydrogens (tertiary/aromatic N) is 2. The first-order valence-corrected chi connectivity index (χ1v) is 9.24. The Kier molecular flexibility index (Phi) is 4.01. The molecule has 2 aromatic heterocycles. The lowest BCUT2D eigenvalue weighted by Gasteiger charge is -2.18. The minimum Gasteiger partial charge on any atom is -0.455 e. The highest BCUT2D eigenvalue weighted by Gasteiger charge is 2.27. The maximum Gasteiger partial charge on any atom is 0.219 e. The molecule has 0 spiro atoms. The lowest BCUT2D eigenvalue weighted by Crippen LogP contribution is -2.34. The van der Waals surface area contributed by atoms with Crippen LogP contribution < -0.4 is 4.57 Å². The van der Waals surface area contributed by atoms with Crippen molar-refractivity contribution in [3.63, 3.8) is 0 Å². The standard InChI is InChI=1S/C24H22FN2O/c1-14-7-9-16-17-11-15(26-5)8-10-21(17)28-23(16)22(14)20-12-19(25)18(13-27(20)6)24(2,3)4/h7-13H,1-4,6H3/q+1. The molecular weight excluding hydrogens is 351 g/mol. The molecule has 2 heterocycles. The quantitative estimate of drug-likeness (QED) is 0.280. The molecule has 0 atom stereocenters. The molecule has 3 nitrogen and oxygen atoms in total. The van der Waals surface area contributed by atoms with Crippen molar-refractivity contribution in [2.75, 3.05) is 0 Å². The third kappa shape index (κ3) is 2.75. The molecule has 0 saturated carbocycles. The predicted octanol–water partition coefficient (Wildman–Crippen LogP) is 6.37. The summed E-state index contributed by atoms with van der Waals surface area (Å²) >= 11 is 0. The third-order valence-electron chi connectivity index (χ3n) is 5.25. The Bertz CT molecular complexity index is 1290. The Morgan fingerprint density at radius 1 is 1.07 bits per heavy atom. The van der Waals surface area contributed by atoms with Crippen molar-refractivity contribution in [1.82, 2.24) is 0 Å². The van der Waals surface area contributed by atoms with Crippen LogP contribution in [0.2, 0.25) is 0 Å². The molecule has 0 aliphatic rings. The molecule has 4 aromatic rings. The lowest BCUT2D eigenvalue weighted by atomic mass is 9.87. The van der Waals surface area contributed by atoms with Crippen LogP contribution in [-0.4, -0.2) is 0 Å². The second-order valence-electron chi connectivity index (χ2n) is 8.31. The normalized spacial score (nSPS) is 11.9. The molecule has 0 aliphatic carbocycles. The topological polar surface area (TPSA) is 21.4 Å². The van der Waals surface area contributed by atoms with Gasteiger partial charge in [0.25, 0.3) is 0 Å². The van der Waals surface area contributed by atoms with Crippen molar-refractivity contribution in [3.05, 3.63) is 71.0 Å². The maximum atomic E-state index is 15.0. The Morgan fingerprint density at radius 2 is 1.82 bits per heavy atom. The molecule has 0 fully saturated rings. The molecule has 4 rings (SSSR count). The van der Waals surface area contributed by atoms with Crippen molar-refractivity contribution < 1.29 is 13.4 Å². The molecule has 0 bridgehead atoms. The molecule has 0 N–H and O–H groups in total.